The molecule has 0 heterocycles. The fraction of sp³-hybridized carbons (Fsp3) is 0.714. The van der Waals surface area contributed by atoms with E-state index in [1.165, 1.54) is 19.9 Å². The van der Waals surface area contributed by atoms with Crippen LogP contribution in [0.3, 0.4) is 0 Å². The summed E-state index contributed by atoms with van der Waals surface area (Å²) in [5.74, 6) is 0. The summed E-state index contributed by atoms with van der Waals surface area (Å²) in [7, 11) is -4.10. The third-order valence-electron chi connectivity index (χ3n) is 1.98. The van der Waals surface area contributed by atoms with E-state index in [2.05, 4.69) is 6.58 Å². The molecule has 12 heavy (non-hydrogen) atoms. The second-order valence-electron chi connectivity index (χ2n) is 3.21. The first-order chi connectivity index (χ1) is 5.23. The molecule has 3 N–H and O–H groups in total. The zero-order valence-electron chi connectivity index (χ0n) is 7.32. The molecule has 72 valence electrons. The average Bonchev–Trinajstić information content (AvgIpc) is 1.85. The van der Waals surface area contributed by atoms with Crippen LogP contribution >= 0.6 is 0 Å². The molecule has 0 aliphatic rings. The van der Waals surface area contributed by atoms with Crippen molar-refractivity contribution in [2.24, 2.45) is 5.73 Å². The second kappa shape index (κ2) is 3.55. The number of hydrogen-bond acceptors (Lipinski definition) is 3. The Kier molecular flexibility index (Phi) is 3.44. The zero-order chi connectivity index (χ0) is 9.99. The minimum atomic E-state index is -4.10. The predicted octanol–water partition coefficient (Wildman–Crippen LogP) is 0.556. The SMILES string of the molecule is C=CCC(N)C(C)(C)S(=O)(=O)O. The summed E-state index contributed by atoms with van der Waals surface area (Å²) in [5, 5.41) is 0. The van der Waals surface area contributed by atoms with Gasteiger partial charge in [-0.25, -0.2) is 0 Å². The smallest absolute Gasteiger partial charge is 0.271 e. The Morgan fingerprint density at radius 1 is 1.67 bits per heavy atom. The summed E-state index contributed by atoms with van der Waals surface area (Å²) in [6.07, 6.45) is 1.88. The highest BCUT2D eigenvalue weighted by molar-refractivity contribution is 7.87. The maximum atomic E-state index is 10.8. The van der Waals surface area contributed by atoms with Crippen LogP contribution < -0.4 is 5.73 Å². The molecule has 0 aromatic carbocycles. The normalized spacial score (nSPS) is 15.7. The molecule has 0 saturated carbocycles. The molecule has 0 radical (unpaired) electrons. The van der Waals surface area contributed by atoms with Crippen molar-refractivity contribution in [1.82, 2.24) is 0 Å². The molecule has 0 saturated heterocycles. The van der Waals surface area contributed by atoms with Crippen molar-refractivity contribution in [2.75, 3.05) is 0 Å². The highest BCUT2D eigenvalue weighted by atomic mass is 32.2. The third-order valence-corrected chi connectivity index (χ3v) is 3.61. The van der Waals surface area contributed by atoms with Crippen molar-refractivity contribution in [1.29, 1.82) is 0 Å². The molecule has 4 nitrogen and oxygen atoms in total. The van der Waals surface area contributed by atoms with Crippen LogP contribution in [-0.4, -0.2) is 23.8 Å². The van der Waals surface area contributed by atoms with E-state index >= 15 is 0 Å². The Balaban J connectivity index is 4.73. The van der Waals surface area contributed by atoms with Crippen molar-refractivity contribution in [3.8, 4) is 0 Å². The van der Waals surface area contributed by atoms with Gasteiger partial charge in [0, 0.05) is 6.04 Å². The zero-order valence-corrected chi connectivity index (χ0v) is 8.13. The molecule has 0 aliphatic heterocycles. The van der Waals surface area contributed by atoms with Crippen LogP contribution in [0.15, 0.2) is 12.7 Å². The maximum Gasteiger partial charge on any atom is 0.271 e. The summed E-state index contributed by atoms with van der Waals surface area (Å²) in [5.41, 5.74) is 5.54. The molecular formula is C7H15NO3S. The number of rotatable bonds is 4. The lowest BCUT2D eigenvalue weighted by molar-refractivity contribution is 0.410. The van der Waals surface area contributed by atoms with E-state index in [1.807, 2.05) is 0 Å². The molecule has 0 aromatic heterocycles. The van der Waals surface area contributed by atoms with Gasteiger partial charge in [0.25, 0.3) is 10.1 Å². The lowest BCUT2D eigenvalue weighted by Crippen LogP contribution is -2.48. The van der Waals surface area contributed by atoms with Gasteiger partial charge in [0.15, 0.2) is 0 Å². The van der Waals surface area contributed by atoms with E-state index in [9.17, 15) is 8.42 Å². The molecule has 5 heteroatoms. The average molecular weight is 193 g/mol. The van der Waals surface area contributed by atoms with Gasteiger partial charge in [0.1, 0.15) is 4.75 Å². The minimum absolute atomic E-state index is 0.354. The Morgan fingerprint density at radius 3 is 2.33 bits per heavy atom. The monoisotopic (exact) mass is 193 g/mol. The molecule has 0 aliphatic carbocycles. The van der Waals surface area contributed by atoms with E-state index in [0.29, 0.717) is 6.42 Å². The molecule has 1 unspecified atom stereocenters. The Labute approximate surface area is 73.2 Å². The van der Waals surface area contributed by atoms with E-state index in [0.717, 1.165) is 0 Å². The topological polar surface area (TPSA) is 80.4 Å². The van der Waals surface area contributed by atoms with Gasteiger partial charge >= 0.3 is 0 Å². The lowest BCUT2D eigenvalue weighted by Gasteiger charge is -2.27. The second-order valence-corrected chi connectivity index (χ2v) is 5.21. The van der Waals surface area contributed by atoms with E-state index in [-0.39, 0.29) is 0 Å². The van der Waals surface area contributed by atoms with Crippen LogP contribution in [0.4, 0.5) is 0 Å². The van der Waals surface area contributed by atoms with E-state index in [1.54, 1.807) is 0 Å². The molecule has 0 aromatic rings. The highest BCUT2D eigenvalue weighted by Crippen LogP contribution is 2.20. The quantitative estimate of drug-likeness (QED) is 0.505. The van der Waals surface area contributed by atoms with Gasteiger partial charge in [-0.2, -0.15) is 8.42 Å². The van der Waals surface area contributed by atoms with Crippen LogP contribution in [0, 0.1) is 0 Å². The van der Waals surface area contributed by atoms with Gasteiger partial charge in [-0.3, -0.25) is 4.55 Å². The summed E-state index contributed by atoms with van der Waals surface area (Å²) >= 11 is 0. The molecule has 1 atom stereocenters. The van der Waals surface area contributed by atoms with Gasteiger partial charge in [0.05, 0.1) is 0 Å². The molecule has 0 rings (SSSR count). The van der Waals surface area contributed by atoms with Crippen molar-refractivity contribution in [3.05, 3.63) is 12.7 Å². The number of nitrogens with two attached hydrogens (primary N) is 1. The molecule has 0 spiro atoms. The molecular weight excluding hydrogens is 178 g/mol. The maximum absolute atomic E-state index is 10.8. The minimum Gasteiger partial charge on any atom is -0.326 e. The van der Waals surface area contributed by atoms with Crippen LogP contribution in [0.25, 0.3) is 0 Å². The van der Waals surface area contributed by atoms with Crippen molar-refractivity contribution < 1.29 is 13.0 Å². The first-order valence-corrected chi connectivity index (χ1v) is 5.01. The standard InChI is InChI=1S/C7H15NO3S/c1-4-5-6(8)7(2,3)12(9,10)11/h4,6H,1,5,8H2,2-3H3,(H,9,10,11). The predicted molar refractivity (Wildman–Crippen MR) is 48.4 cm³/mol. The first-order valence-electron chi connectivity index (χ1n) is 3.57. The fourth-order valence-corrected chi connectivity index (χ4v) is 1.13. The Morgan fingerprint density at radius 2 is 2.08 bits per heavy atom. The summed E-state index contributed by atoms with van der Waals surface area (Å²) in [6.45, 7) is 6.21. The van der Waals surface area contributed by atoms with Crippen LogP contribution in [0.1, 0.15) is 20.3 Å². The summed E-state index contributed by atoms with van der Waals surface area (Å²) in [6, 6.07) is -0.634. The lowest BCUT2D eigenvalue weighted by atomic mass is 10.0. The van der Waals surface area contributed by atoms with Gasteiger partial charge in [0.2, 0.25) is 0 Å². The van der Waals surface area contributed by atoms with Crippen LogP contribution in [-0.2, 0) is 10.1 Å². The van der Waals surface area contributed by atoms with Gasteiger partial charge in [-0.1, -0.05) is 6.08 Å². The Hall–Kier alpha value is -0.390. The Bertz CT molecular complexity index is 256. The van der Waals surface area contributed by atoms with E-state index in [4.69, 9.17) is 10.3 Å². The van der Waals surface area contributed by atoms with Crippen LogP contribution in [0.5, 0.6) is 0 Å². The first kappa shape index (κ1) is 11.6. The fourth-order valence-electron chi connectivity index (χ4n) is 0.655. The summed E-state index contributed by atoms with van der Waals surface area (Å²) in [4.78, 5) is 0. The van der Waals surface area contributed by atoms with Crippen LogP contribution in [0.2, 0.25) is 0 Å². The summed E-state index contributed by atoms with van der Waals surface area (Å²) < 4.78 is 29.1. The number of hydrogen-bond donors (Lipinski definition) is 2. The highest BCUT2D eigenvalue weighted by Gasteiger charge is 2.38. The molecule has 0 fully saturated rings. The van der Waals surface area contributed by atoms with Gasteiger partial charge in [-0.05, 0) is 20.3 Å². The largest absolute Gasteiger partial charge is 0.326 e. The van der Waals surface area contributed by atoms with E-state index < -0.39 is 20.9 Å². The molecule has 0 bridgehead atoms. The third kappa shape index (κ3) is 2.30. The van der Waals surface area contributed by atoms with Gasteiger partial charge < -0.3 is 5.73 Å². The molecule has 0 amide bonds. The van der Waals surface area contributed by atoms with Crippen molar-refractivity contribution in [3.63, 3.8) is 0 Å². The van der Waals surface area contributed by atoms with Crippen molar-refractivity contribution >= 4 is 10.1 Å². The van der Waals surface area contributed by atoms with Gasteiger partial charge in [-0.15, -0.1) is 6.58 Å². The van der Waals surface area contributed by atoms with Crippen molar-refractivity contribution in [2.45, 2.75) is 31.1 Å².